The quantitative estimate of drug-likeness (QED) is 0.681. The van der Waals surface area contributed by atoms with Crippen molar-refractivity contribution in [3.63, 3.8) is 0 Å². The lowest BCUT2D eigenvalue weighted by Gasteiger charge is -2.20. The van der Waals surface area contributed by atoms with Crippen LogP contribution < -0.4 is 19.1 Å². The van der Waals surface area contributed by atoms with E-state index in [1.807, 2.05) is 0 Å². The van der Waals surface area contributed by atoms with Gasteiger partial charge in [-0.15, -0.1) is 0 Å². The van der Waals surface area contributed by atoms with Gasteiger partial charge in [-0.3, -0.25) is 9.10 Å². The molecule has 1 amide bonds. The van der Waals surface area contributed by atoms with Gasteiger partial charge < -0.3 is 19.5 Å². The Morgan fingerprint density at radius 1 is 0.966 bits per heavy atom. The maximum absolute atomic E-state index is 12.9. The van der Waals surface area contributed by atoms with Crippen LogP contribution in [0.3, 0.4) is 0 Å². The van der Waals surface area contributed by atoms with Gasteiger partial charge in [0, 0.05) is 19.2 Å². The summed E-state index contributed by atoms with van der Waals surface area (Å²) in [6.07, 6.45) is 1.03. The van der Waals surface area contributed by atoms with Gasteiger partial charge in [-0.2, -0.15) is 0 Å². The molecule has 0 unspecified atom stereocenters. The number of benzene rings is 2. The summed E-state index contributed by atoms with van der Waals surface area (Å²) in [6, 6.07) is 9.01. The van der Waals surface area contributed by atoms with Gasteiger partial charge in [0.15, 0.2) is 11.5 Å². The largest absolute Gasteiger partial charge is 0.493 e. The summed E-state index contributed by atoms with van der Waals surface area (Å²) in [7, 11) is 1.79. The van der Waals surface area contributed by atoms with Gasteiger partial charge in [-0.05, 0) is 12.1 Å². The molecule has 0 atom stereocenters. The predicted octanol–water partition coefficient (Wildman–Crippen LogP) is 2.14. The van der Waals surface area contributed by atoms with E-state index >= 15 is 0 Å². The molecule has 0 aromatic heterocycles. The first-order valence-corrected chi connectivity index (χ1v) is 10.2. The lowest BCUT2D eigenvalue weighted by molar-refractivity contribution is 0.0601. The van der Waals surface area contributed by atoms with E-state index < -0.39 is 21.9 Å². The maximum Gasteiger partial charge on any atom is 0.340 e. The van der Waals surface area contributed by atoms with Crippen LogP contribution in [0.1, 0.15) is 20.7 Å². The highest BCUT2D eigenvalue weighted by molar-refractivity contribution is 7.92. The van der Waals surface area contributed by atoms with E-state index in [0.29, 0.717) is 0 Å². The number of ether oxygens (including phenoxy) is 3. The lowest BCUT2D eigenvalue weighted by Crippen LogP contribution is -2.27. The standard InChI is InChI=1S/C19H22N2O7S/c1-21(29(5,24)25)15-9-7-6-8-12(15)18(22)20-14-11-17(27-3)16(26-2)10-13(14)19(23)28-4/h6-11H,1-5H3,(H,20,22). The molecule has 0 aliphatic carbocycles. The normalized spacial score (nSPS) is 10.8. The number of para-hydroxylation sites is 1. The number of methoxy groups -OCH3 is 3. The van der Waals surface area contributed by atoms with Crippen molar-refractivity contribution in [2.24, 2.45) is 0 Å². The van der Waals surface area contributed by atoms with E-state index in [9.17, 15) is 18.0 Å². The maximum atomic E-state index is 12.9. The molecule has 0 aliphatic rings. The number of amides is 1. The molecule has 0 radical (unpaired) electrons. The topological polar surface area (TPSA) is 111 Å². The Morgan fingerprint density at radius 2 is 1.55 bits per heavy atom. The molecule has 2 aromatic carbocycles. The smallest absolute Gasteiger partial charge is 0.340 e. The number of rotatable bonds is 7. The summed E-state index contributed by atoms with van der Waals surface area (Å²) >= 11 is 0. The third-order valence-corrected chi connectivity index (χ3v) is 5.35. The second-order valence-corrected chi connectivity index (χ2v) is 7.96. The third-order valence-electron chi connectivity index (χ3n) is 4.16. The monoisotopic (exact) mass is 422 g/mol. The van der Waals surface area contributed by atoms with Gasteiger partial charge in [0.1, 0.15) is 0 Å². The molecule has 0 saturated heterocycles. The summed E-state index contributed by atoms with van der Waals surface area (Å²) in [5.41, 5.74) is 0.461. The van der Waals surface area contributed by atoms with Crippen LogP contribution in [0, 0.1) is 0 Å². The molecular formula is C19H22N2O7S. The predicted molar refractivity (Wildman–Crippen MR) is 109 cm³/mol. The van der Waals surface area contributed by atoms with Crippen molar-refractivity contribution in [1.29, 1.82) is 0 Å². The van der Waals surface area contributed by atoms with Crippen LogP contribution in [0.15, 0.2) is 36.4 Å². The Labute approximate surface area is 169 Å². The van der Waals surface area contributed by atoms with Gasteiger partial charge >= 0.3 is 5.97 Å². The molecule has 0 fully saturated rings. The van der Waals surface area contributed by atoms with Gasteiger partial charge in [0.2, 0.25) is 10.0 Å². The summed E-state index contributed by atoms with van der Waals surface area (Å²) in [5.74, 6) is -0.739. The lowest BCUT2D eigenvalue weighted by atomic mass is 10.1. The molecule has 9 nitrogen and oxygen atoms in total. The van der Waals surface area contributed by atoms with Crippen molar-refractivity contribution < 1.29 is 32.2 Å². The molecular weight excluding hydrogens is 400 g/mol. The molecule has 29 heavy (non-hydrogen) atoms. The van der Waals surface area contributed by atoms with Crippen LogP contribution in [0.5, 0.6) is 11.5 Å². The molecule has 1 N–H and O–H groups in total. The number of hydrogen-bond acceptors (Lipinski definition) is 7. The molecule has 2 aromatic rings. The van der Waals surface area contributed by atoms with Gasteiger partial charge in [0.05, 0.1) is 50.1 Å². The minimum atomic E-state index is -3.59. The molecule has 156 valence electrons. The zero-order chi connectivity index (χ0) is 21.8. The van der Waals surface area contributed by atoms with Crippen molar-refractivity contribution in [1.82, 2.24) is 0 Å². The fourth-order valence-corrected chi connectivity index (χ4v) is 3.09. The van der Waals surface area contributed by atoms with Gasteiger partial charge in [-0.1, -0.05) is 12.1 Å². The number of nitrogens with zero attached hydrogens (tertiary/aromatic N) is 1. The second kappa shape index (κ2) is 8.82. The van der Waals surface area contributed by atoms with E-state index in [0.717, 1.165) is 10.6 Å². The van der Waals surface area contributed by atoms with Crippen LogP contribution in [-0.2, 0) is 14.8 Å². The van der Waals surface area contributed by atoms with E-state index in [1.165, 1.54) is 52.6 Å². The number of esters is 1. The Morgan fingerprint density at radius 3 is 2.10 bits per heavy atom. The fraction of sp³-hybridized carbons (Fsp3) is 0.263. The van der Waals surface area contributed by atoms with Crippen molar-refractivity contribution >= 4 is 33.3 Å². The molecule has 0 heterocycles. The Bertz CT molecular complexity index is 1030. The van der Waals surface area contributed by atoms with E-state index in [1.54, 1.807) is 12.1 Å². The van der Waals surface area contributed by atoms with Crippen LogP contribution >= 0.6 is 0 Å². The molecule has 0 bridgehead atoms. The highest BCUT2D eigenvalue weighted by atomic mass is 32.2. The summed E-state index contributed by atoms with van der Waals surface area (Å²) in [5, 5.41) is 2.62. The molecule has 0 spiro atoms. The first-order valence-electron chi connectivity index (χ1n) is 8.32. The molecule has 2 rings (SSSR count). The van der Waals surface area contributed by atoms with Crippen LogP contribution in [0.25, 0.3) is 0 Å². The van der Waals surface area contributed by atoms with Gasteiger partial charge in [0.25, 0.3) is 5.91 Å². The summed E-state index contributed by atoms with van der Waals surface area (Å²) in [6.45, 7) is 0. The average Bonchev–Trinajstić information content (AvgIpc) is 2.71. The molecule has 10 heteroatoms. The van der Waals surface area contributed by atoms with E-state index in [4.69, 9.17) is 14.2 Å². The van der Waals surface area contributed by atoms with Crippen molar-refractivity contribution in [3.05, 3.63) is 47.5 Å². The van der Waals surface area contributed by atoms with Crippen LogP contribution in [0.4, 0.5) is 11.4 Å². The number of sulfonamides is 1. The summed E-state index contributed by atoms with van der Waals surface area (Å²) < 4.78 is 40.0. The number of nitrogens with one attached hydrogen (secondary N) is 1. The first-order chi connectivity index (χ1) is 13.6. The summed E-state index contributed by atoms with van der Waals surface area (Å²) in [4.78, 5) is 25.1. The number of carbonyl (C=O) groups is 2. The minimum Gasteiger partial charge on any atom is -0.493 e. The molecule has 0 saturated carbocycles. The number of carbonyl (C=O) groups excluding carboxylic acids is 2. The van der Waals surface area contributed by atoms with Crippen molar-refractivity contribution in [2.75, 3.05) is 44.3 Å². The average molecular weight is 422 g/mol. The molecule has 0 aliphatic heterocycles. The number of anilines is 2. The minimum absolute atomic E-state index is 0.0486. The van der Waals surface area contributed by atoms with Crippen LogP contribution in [-0.4, -0.2) is 54.9 Å². The Kier molecular flexibility index (Phi) is 6.70. The van der Waals surface area contributed by atoms with Gasteiger partial charge in [-0.25, -0.2) is 13.2 Å². The van der Waals surface area contributed by atoms with E-state index in [-0.39, 0.29) is 34.0 Å². The first kappa shape index (κ1) is 22.0. The Hall–Kier alpha value is -3.27. The number of hydrogen-bond donors (Lipinski definition) is 1. The zero-order valence-electron chi connectivity index (χ0n) is 16.7. The van der Waals surface area contributed by atoms with Crippen molar-refractivity contribution in [3.8, 4) is 11.5 Å². The zero-order valence-corrected chi connectivity index (χ0v) is 17.5. The third kappa shape index (κ3) is 4.77. The SMILES string of the molecule is COC(=O)c1cc(OC)c(OC)cc1NC(=O)c1ccccc1N(C)S(C)(=O)=O. The van der Waals surface area contributed by atoms with Crippen molar-refractivity contribution in [2.45, 2.75) is 0 Å². The fourth-order valence-electron chi connectivity index (χ4n) is 2.57. The second-order valence-electron chi connectivity index (χ2n) is 5.95. The highest BCUT2D eigenvalue weighted by Crippen LogP contribution is 2.34. The van der Waals surface area contributed by atoms with Crippen LogP contribution in [0.2, 0.25) is 0 Å². The highest BCUT2D eigenvalue weighted by Gasteiger charge is 2.23. The van der Waals surface area contributed by atoms with E-state index in [2.05, 4.69) is 5.32 Å². The Balaban J connectivity index is 2.53.